The maximum absolute atomic E-state index is 12.4. The van der Waals surface area contributed by atoms with Crippen LogP contribution in [0.15, 0.2) is 48.0 Å². The first kappa shape index (κ1) is 21.9. The van der Waals surface area contributed by atoms with Crippen molar-refractivity contribution >= 4 is 29.3 Å². The van der Waals surface area contributed by atoms with Gasteiger partial charge in [-0.3, -0.25) is 14.9 Å². The Morgan fingerprint density at radius 3 is 2.63 bits per heavy atom. The summed E-state index contributed by atoms with van der Waals surface area (Å²) in [6.45, 7) is 1.47. The van der Waals surface area contributed by atoms with Gasteiger partial charge in [-0.15, -0.1) is 0 Å². The molecule has 0 saturated carbocycles. The Morgan fingerprint density at radius 1 is 1.23 bits per heavy atom. The van der Waals surface area contributed by atoms with E-state index in [0.29, 0.717) is 5.56 Å². The number of aliphatic carboxylic acids is 1. The van der Waals surface area contributed by atoms with Gasteiger partial charge in [-0.05, 0) is 36.8 Å². The number of hydrogen-bond donors (Lipinski definition) is 2. The zero-order chi connectivity index (χ0) is 22.1. The Kier molecular flexibility index (Phi) is 7.47. The number of carboxylic acids is 1. The summed E-state index contributed by atoms with van der Waals surface area (Å²) in [7, 11) is 0. The van der Waals surface area contributed by atoms with Crippen molar-refractivity contribution in [2.75, 3.05) is 18.5 Å². The SMILES string of the molecule is CCOc1cc(/C=C(\C#N)C(=O)Nc2cccc([N+](=O)[O-])c2)ccc1OCC(=O)O. The van der Waals surface area contributed by atoms with Crippen LogP contribution in [-0.2, 0) is 9.59 Å². The number of nitrogens with zero attached hydrogens (tertiary/aromatic N) is 2. The number of ether oxygens (including phenoxy) is 2. The quantitative estimate of drug-likeness (QED) is 0.276. The predicted molar refractivity (Wildman–Crippen MR) is 106 cm³/mol. The average Bonchev–Trinajstić information content (AvgIpc) is 2.71. The van der Waals surface area contributed by atoms with E-state index in [4.69, 9.17) is 14.6 Å². The fourth-order valence-electron chi connectivity index (χ4n) is 2.35. The number of carbonyl (C=O) groups excluding carboxylic acids is 1. The molecule has 10 heteroatoms. The van der Waals surface area contributed by atoms with Gasteiger partial charge in [0.25, 0.3) is 11.6 Å². The van der Waals surface area contributed by atoms with Crippen LogP contribution in [0.1, 0.15) is 12.5 Å². The van der Waals surface area contributed by atoms with Crippen molar-refractivity contribution in [1.82, 2.24) is 0 Å². The smallest absolute Gasteiger partial charge is 0.341 e. The molecule has 1 amide bonds. The number of nitrogens with one attached hydrogen (secondary N) is 1. The lowest BCUT2D eigenvalue weighted by molar-refractivity contribution is -0.384. The molecule has 0 bridgehead atoms. The molecule has 0 heterocycles. The first-order valence-corrected chi connectivity index (χ1v) is 8.63. The highest BCUT2D eigenvalue weighted by molar-refractivity contribution is 6.09. The van der Waals surface area contributed by atoms with Gasteiger partial charge in [0.2, 0.25) is 0 Å². The Hall–Kier alpha value is -4.39. The van der Waals surface area contributed by atoms with Gasteiger partial charge in [0.15, 0.2) is 18.1 Å². The summed E-state index contributed by atoms with van der Waals surface area (Å²) in [5.41, 5.74) is 0.159. The Bertz CT molecular complexity index is 1040. The van der Waals surface area contributed by atoms with E-state index in [1.54, 1.807) is 13.0 Å². The third-order valence-electron chi connectivity index (χ3n) is 3.61. The van der Waals surface area contributed by atoms with E-state index in [1.807, 2.05) is 0 Å². The van der Waals surface area contributed by atoms with Crippen molar-refractivity contribution in [3.63, 3.8) is 0 Å². The molecule has 2 aromatic carbocycles. The normalized spacial score (nSPS) is 10.6. The number of benzene rings is 2. The van der Waals surface area contributed by atoms with Crippen LogP contribution in [0.25, 0.3) is 6.08 Å². The van der Waals surface area contributed by atoms with E-state index in [1.165, 1.54) is 48.5 Å². The van der Waals surface area contributed by atoms with Gasteiger partial charge in [-0.25, -0.2) is 4.79 Å². The molecule has 154 valence electrons. The third-order valence-corrected chi connectivity index (χ3v) is 3.61. The maximum Gasteiger partial charge on any atom is 0.341 e. The molecule has 2 rings (SSSR count). The number of nitro groups is 1. The molecular weight excluding hydrogens is 394 g/mol. The lowest BCUT2D eigenvalue weighted by Crippen LogP contribution is -2.13. The minimum atomic E-state index is -1.15. The summed E-state index contributed by atoms with van der Waals surface area (Å²) in [5, 5.41) is 31.4. The van der Waals surface area contributed by atoms with Crippen molar-refractivity contribution in [1.29, 1.82) is 5.26 Å². The van der Waals surface area contributed by atoms with Crippen molar-refractivity contribution < 1.29 is 29.1 Å². The third kappa shape index (κ3) is 6.07. The van der Waals surface area contributed by atoms with E-state index >= 15 is 0 Å². The van der Waals surface area contributed by atoms with Crippen LogP contribution in [-0.4, -0.2) is 35.1 Å². The van der Waals surface area contributed by atoms with E-state index in [0.717, 1.165) is 0 Å². The van der Waals surface area contributed by atoms with Gasteiger partial charge in [0, 0.05) is 17.8 Å². The first-order valence-electron chi connectivity index (χ1n) is 8.63. The van der Waals surface area contributed by atoms with Crippen LogP contribution in [0.2, 0.25) is 0 Å². The number of anilines is 1. The largest absolute Gasteiger partial charge is 0.490 e. The van der Waals surface area contributed by atoms with E-state index in [2.05, 4.69) is 5.32 Å². The second-order valence-electron chi connectivity index (χ2n) is 5.75. The summed E-state index contributed by atoms with van der Waals surface area (Å²) in [6.07, 6.45) is 1.30. The number of carbonyl (C=O) groups is 2. The summed E-state index contributed by atoms with van der Waals surface area (Å²) >= 11 is 0. The molecule has 30 heavy (non-hydrogen) atoms. The number of carboxylic acid groups (broad SMARTS) is 1. The Morgan fingerprint density at radius 2 is 2.00 bits per heavy atom. The monoisotopic (exact) mass is 411 g/mol. The summed E-state index contributed by atoms with van der Waals surface area (Å²) < 4.78 is 10.6. The summed E-state index contributed by atoms with van der Waals surface area (Å²) in [6, 6.07) is 11.6. The van der Waals surface area contributed by atoms with Crippen molar-refractivity contribution in [2.45, 2.75) is 6.92 Å². The van der Waals surface area contributed by atoms with Gasteiger partial charge < -0.3 is 19.9 Å². The molecule has 0 aromatic heterocycles. The highest BCUT2D eigenvalue weighted by Gasteiger charge is 2.13. The van der Waals surface area contributed by atoms with Crippen LogP contribution in [0.5, 0.6) is 11.5 Å². The molecule has 0 saturated heterocycles. The molecule has 2 N–H and O–H groups in total. The molecular formula is C20H17N3O7. The van der Waals surface area contributed by atoms with Crippen LogP contribution >= 0.6 is 0 Å². The number of nitriles is 1. The van der Waals surface area contributed by atoms with Crippen molar-refractivity contribution in [3.05, 3.63) is 63.7 Å². The number of rotatable bonds is 9. The van der Waals surface area contributed by atoms with Crippen LogP contribution in [0, 0.1) is 21.4 Å². The van der Waals surface area contributed by atoms with E-state index < -0.39 is 23.4 Å². The standard InChI is InChI=1S/C20H17N3O7/c1-2-29-18-9-13(6-7-17(18)30-12-19(24)25)8-14(11-21)20(26)22-15-4-3-5-16(10-15)23(27)28/h3-10H,2,12H2,1H3,(H,22,26)(H,24,25)/b14-8+. The zero-order valence-electron chi connectivity index (χ0n) is 15.8. The van der Waals surface area contributed by atoms with Crippen LogP contribution in [0.4, 0.5) is 11.4 Å². The van der Waals surface area contributed by atoms with E-state index in [-0.39, 0.29) is 35.1 Å². The number of hydrogen-bond acceptors (Lipinski definition) is 7. The minimum absolute atomic E-state index is 0.169. The summed E-state index contributed by atoms with van der Waals surface area (Å²) in [5.74, 6) is -1.44. The fourth-order valence-corrected chi connectivity index (χ4v) is 2.35. The molecule has 10 nitrogen and oxygen atoms in total. The predicted octanol–water partition coefficient (Wildman–Crippen LogP) is 3.00. The molecule has 0 radical (unpaired) electrons. The van der Waals surface area contributed by atoms with Crippen LogP contribution in [0.3, 0.4) is 0 Å². The topological polar surface area (TPSA) is 152 Å². The average molecular weight is 411 g/mol. The second kappa shape index (κ2) is 10.2. The number of nitro benzene ring substituents is 1. The molecule has 0 aliphatic heterocycles. The number of amides is 1. The Labute approximate surface area is 171 Å². The van der Waals surface area contributed by atoms with Gasteiger partial charge in [-0.2, -0.15) is 5.26 Å². The molecule has 0 spiro atoms. The van der Waals surface area contributed by atoms with Crippen LogP contribution < -0.4 is 14.8 Å². The van der Waals surface area contributed by atoms with Gasteiger partial charge in [-0.1, -0.05) is 12.1 Å². The number of non-ortho nitro benzene ring substituents is 1. The zero-order valence-corrected chi connectivity index (χ0v) is 15.8. The maximum atomic E-state index is 12.4. The molecule has 2 aromatic rings. The highest BCUT2D eigenvalue weighted by Crippen LogP contribution is 2.29. The molecule has 0 atom stereocenters. The van der Waals surface area contributed by atoms with Gasteiger partial charge >= 0.3 is 5.97 Å². The lowest BCUT2D eigenvalue weighted by atomic mass is 10.1. The minimum Gasteiger partial charge on any atom is -0.490 e. The fraction of sp³-hybridized carbons (Fsp3) is 0.150. The van der Waals surface area contributed by atoms with E-state index in [9.17, 15) is 25.0 Å². The molecule has 0 aliphatic rings. The molecule has 0 fully saturated rings. The summed E-state index contributed by atoms with van der Waals surface area (Å²) in [4.78, 5) is 33.3. The van der Waals surface area contributed by atoms with Crippen molar-refractivity contribution in [2.24, 2.45) is 0 Å². The highest BCUT2D eigenvalue weighted by atomic mass is 16.6. The van der Waals surface area contributed by atoms with Crippen molar-refractivity contribution in [3.8, 4) is 17.6 Å². The van der Waals surface area contributed by atoms with Gasteiger partial charge in [0.05, 0.1) is 11.5 Å². The lowest BCUT2D eigenvalue weighted by Gasteiger charge is -2.11. The molecule has 0 aliphatic carbocycles. The Balaban J connectivity index is 2.25. The first-order chi connectivity index (χ1) is 14.3. The molecule has 0 unspecified atom stereocenters. The second-order valence-corrected chi connectivity index (χ2v) is 5.75. The van der Waals surface area contributed by atoms with Gasteiger partial charge in [0.1, 0.15) is 11.6 Å².